The van der Waals surface area contributed by atoms with Crippen LogP contribution in [0.15, 0.2) is 111 Å². The molecule has 0 radical (unpaired) electrons. The third-order valence-corrected chi connectivity index (χ3v) is 12.4. The molecule has 55 heavy (non-hydrogen) atoms. The van der Waals surface area contributed by atoms with Gasteiger partial charge in [-0.2, -0.15) is 13.2 Å². The molecule has 1 unspecified atom stereocenters. The Morgan fingerprint density at radius 3 is 1.56 bits per heavy atom. The fourth-order valence-electron chi connectivity index (χ4n) is 7.28. The summed E-state index contributed by atoms with van der Waals surface area (Å²) in [5.41, 5.74) is 3.69. The van der Waals surface area contributed by atoms with Gasteiger partial charge in [0, 0.05) is 71.4 Å². The monoisotopic (exact) mass is 857 g/mol. The van der Waals surface area contributed by atoms with Crippen molar-refractivity contribution in [3.05, 3.63) is 96.6 Å². The lowest BCUT2D eigenvalue weighted by atomic mass is 10.1. The molecule has 1 fully saturated rings. The molecule has 1 atom stereocenters. The number of hydrogen-bond donors (Lipinski definition) is 1. The number of aliphatic hydroxyl groups is 1. The van der Waals surface area contributed by atoms with Gasteiger partial charge in [-0.15, -0.1) is 37.2 Å². The number of likely N-dealkylation sites (N-methyl/N-ethyl adjacent to an activating group) is 1. The number of fused-ring (bicyclic) bond motifs is 4. The van der Waals surface area contributed by atoms with E-state index in [0.29, 0.717) is 24.8 Å². The Hall–Kier alpha value is -2.32. The quantitative estimate of drug-likeness (QED) is 0.160. The Morgan fingerprint density at radius 1 is 0.636 bits per heavy atom. The van der Waals surface area contributed by atoms with Crippen LogP contribution in [0.4, 0.5) is 35.9 Å². The van der Waals surface area contributed by atoms with E-state index in [-0.39, 0.29) is 43.8 Å². The van der Waals surface area contributed by atoms with Gasteiger partial charge in [-0.25, -0.2) is 0 Å². The van der Waals surface area contributed by atoms with E-state index in [2.05, 4.69) is 88.9 Å². The van der Waals surface area contributed by atoms with E-state index in [4.69, 9.17) is 5.11 Å². The molecule has 7 rings (SSSR count). The molecule has 0 saturated carbocycles. The molecular formula is C41H53Cl3F3N5OS2. The number of halogens is 6. The van der Waals surface area contributed by atoms with Crippen LogP contribution in [0.1, 0.15) is 32.8 Å². The minimum absolute atomic E-state index is 0. The molecular weight excluding hydrogens is 806 g/mol. The van der Waals surface area contributed by atoms with Crippen LogP contribution < -0.4 is 9.80 Å². The Labute approximate surface area is 352 Å². The summed E-state index contributed by atoms with van der Waals surface area (Å²) in [6.07, 6.45) is -3.48. The number of nitrogens with zero attached hydrogens (tertiary/aromatic N) is 5. The maximum absolute atomic E-state index is 13.3. The largest absolute Gasteiger partial charge is 0.416 e. The van der Waals surface area contributed by atoms with Gasteiger partial charge in [0.15, 0.2) is 0 Å². The number of para-hydroxylation sites is 3. The molecule has 3 aliphatic rings. The number of piperazine rings is 1. The molecule has 1 N–H and O–H groups in total. The van der Waals surface area contributed by atoms with Crippen LogP contribution >= 0.6 is 60.7 Å². The highest BCUT2D eigenvalue weighted by atomic mass is 35.5. The van der Waals surface area contributed by atoms with Gasteiger partial charge in [-0.1, -0.05) is 73.8 Å². The fourth-order valence-corrected chi connectivity index (χ4v) is 9.45. The zero-order valence-electron chi connectivity index (χ0n) is 31.6. The van der Waals surface area contributed by atoms with Gasteiger partial charge < -0.3 is 19.8 Å². The van der Waals surface area contributed by atoms with Crippen molar-refractivity contribution >= 4 is 83.5 Å². The summed E-state index contributed by atoms with van der Waals surface area (Å²) in [6.45, 7) is 16.3. The van der Waals surface area contributed by atoms with E-state index in [1.165, 1.54) is 45.1 Å². The molecule has 0 bridgehead atoms. The molecule has 1 saturated heterocycles. The van der Waals surface area contributed by atoms with Gasteiger partial charge in [0.25, 0.3) is 0 Å². The highest BCUT2D eigenvalue weighted by Crippen LogP contribution is 2.50. The maximum Gasteiger partial charge on any atom is 0.416 e. The lowest BCUT2D eigenvalue weighted by Crippen LogP contribution is -2.47. The molecule has 0 aromatic heterocycles. The second-order valence-electron chi connectivity index (χ2n) is 13.4. The van der Waals surface area contributed by atoms with E-state index >= 15 is 0 Å². The molecule has 3 aliphatic heterocycles. The van der Waals surface area contributed by atoms with Crippen molar-refractivity contribution in [1.82, 2.24) is 14.7 Å². The molecule has 302 valence electrons. The van der Waals surface area contributed by atoms with Crippen molar-refractivity contribution in [2.45, 2.75) is 59.0 Å². The predicted molar refractivity (Wildman–Crippen MR) is 232 cm³/mol. The number of hydrogen-bond acceptors (Lipinski definition) is 8. The average Bonchev–Trinajstić information content (AvgIpc) is 3.15. The third-order valence-electron chi connectivity index (χ3n) is 10.1. The smallest absolute Gasteiger partial charge is 0.395 e. The van der Waals surface area contributed by atoms with Crippen LogP contribution in [0.3, 0.4) is 0 Å². The van der Waals surface area contributed by atoms with Crippen molar-refractivity contribution < 1.29 is 18.3 Å². The van der Waals surface area contributed by atoms with Crippen LogP contribution in [0.5, 0.6) is 0 Å². The van der Waals surface area contributed by atoms with E-state index in [1.54, 1.807) is 6.07 Å². The van der Waals surface area contributed by atoms with E-state index in [1.807, 2.05) is 40.9 Å². The number of β-amino-alcohol motifs (C(OH)–C–C–N with tert-alkyl or cyclic N) is 1. The van der Waals surface area contributed by atoms with Crippen LogP contribution in [0, 0.1) is 0 Å². The second-order valence-corrected chi connectivity index (χ2v) is 15.5. The Bertz CT molecular complexity index is 1730. The van der Waals surface area contributed by atoms with Gasteiger partial charge in [-0.05, 0) is 87.6 Å². The first kappa shape index (κ1) is 47.1. The first-order chi connectivity index (χ1) is 25.2. The minimum atomic E-state index is -4.35. The second kappa shape index (κ2) is 22.0. The van der Waals surface area contributed by atoms with E-state index < -0.39 is 11.7 Å². The molecule has 3 heterocycles. The molecule has 4 aromatic carbocycles. The summed E-state index contributed by atoms with van der Waals surface area (Å²) in [6, 6.07) is 30.0. The summed E-state index contributed by atoms with van der Waals surface area (Å²) in [7, 11) is 0. The lowest BCUT2D eigenvalue weighted by Gasteiger charge is -2.37. The standard InChI is InChI=1S/C22H26F3N3OS.C19H24N2S.3ClH/c23-22(24,25)17-6-7-21-19(16-17)28(18-4-1-2-5-20(18)30-21)9-3-8-26-10-12-27(13-11-26)14-15-29;1-4-20(5-2)15(3)14-21-16-10-6-8-12-18(16)22-19-13-9-7-11-17(19)21;;;/h1-2,4-7,16,29H,3,8-15H2;6-13,15H,4-5,14H2,1-3H3;3*1H. The van der Waals surface area contributed by atoms with Crippen LogP contribution in [-0.4, -0.2) is 97.9 Å². The number of benzene rings is 4. The highest BCUT2D eigenvalue weighted by molar-refractivity contribution is 8.00. The lowest BCUT2D eigenvalue weighted by molar-refractivity contribution is -0.137. The van der Waals surface area contributed by atoms with Gasteiger partial charge in [-0.3, -0.25) is 9.80 Å². The Kier molecular flexibility index (Phi) is 18.8. The molecule has 0 amide bonds. The number of rotatable bonds is 11. The molecule has 14 heteroatoms. The van der Waals surface area contributed by atoms with Gasteiger partial charge in [0.2, 0.25) is 0 Å². The summed E-state index contributed by atoms with van der Waals surface area (Å²) in [4.78, 5) is 16.3. The average molecular weight is 859 g/mol. The molecule has 0 spiro atoms. The molecule has 0 aliphatic carbocycles. The number of alkyl halides is 3. The first-order valence-corrected chi connectivity index (χ1v) is 20.0. The Morgan fingerprint density at radius 2 is 1.09 bits per heavy atom. The van der Waals surface area contributed by atoms with Gasteiger partial charge in [0.05, 0.1) is 34.9 Å². The number of aliphatic hydroxyl groups excluding tert-OH is 1. The zero-order chi connectivity index (χ0) is 36.7. The Balaban J connectivity index is 0.000000292. The SMILES string of the molecule is CCN(CC)C(C)CN1c2ccccc2Sc2ccccc21.Cl.Cl.Cl.OCCN1CCN(CCCN2c3ccccc3Sc3ccc(C(F)(F)F)cc32)CC1. The molecule has 6 nitrogen and oxygen atoms in total. The van der Waals surface area contributed by atoms with Crippen LogP contribution in [0.2, 0.25) is 0 Å². The minimum Gasteiger partial charge on any atom is -0.395 e. The van der Waals surface area contributed by atoms with Gasteiger partial charge in [0.1, 0.15) is 0 Å². The summed E-state index contributed by atoms with van der Waals surface area (Å²) < 4.78 is 39.9. The van der Waals surface area contributed by atoms with Gasteiger partial charge >= 0.3 is 6.18 Å². The summed E-state index contributed by atoms with van der Waals surface area (Å²) in [5, 5.41) is 9.07. The van der Waals surface area contributed by atoms with Crippen molar-refractivity contribution in [2.24, 2.45) is 0 Å². The first-order valence-electron chi connectivity index (χ1n) is 18.4. The van der Waals surface area contributed by atoms with E-state index in [0.717, 1.165) is 74.3 Å². The highest BCUT2D eigenvalue weighted by Gasteiger charge is 2.33. The predicted octanol–water partition coefficient (Wildman–Crippen LogP) is 10.6. The van der Waals surface area contributed by atoms with E-state index in [9.17, 15) is 13.2 Å². The fraction of sp³-hybridized carbons (Fsp3) is 0.415. The third kappa shape index (κ3) is 11.6. The maximum atomic E-state index is 13.3. The van der Waals surface area contributed by atoms with Crippen molar-refractivity contribution in [3.8, 4) is 0 Å². The van der Waals surface area contributed by atoms with Crippen molar-refractivity contribution in [1.29, 1.82) is 0 Å². The summed E-state index contributed by atoms with van der Waals surface area (Å²) in [5.74, 6) is 0. The molecule has 4 aromatic rings. The van der Waals surface area contributed by atoms with Crippen molar-refractivity contribution in [3.63, 3.8) is 0 Å². The zero-order valence-corrected chi connectivity index (χ0v) is 35.7. The van der Waals surface area contributed by atoms with Crippen LogP contribution in [0.25, 0.3) is 0 Å². The topological polar surface area (TPSA) is 36.4 Å². The number of anilines is 4. The summed E-state index contributed by atoms with van der Waals surface area (Å²) >= 11 is 3.40. The van der Waals surface area contributed by atoms with Crippen LogP contribution in [-0.2, 0) is 6.18 Å². The normalized spacial score (nSPS) is 15.5. The van der Waals surface area contributed by atoms with Crippen molar-refractivity contribution in [2.75, 3.05) is 81.9 Å².